The number of likely N-dealkylation sites (tertiary alicyclic amines) is 1. The number of hydrogen-bond acceptors (Lipinski definition) is 2. The van der Waals surface area contributed by atoms with Crippen molar-refractivity contribution in [2.75, 3.05) is 26.7 Å². The van der Waals surface area contributed by atoms with Crippen LogP contribution in [0.5, 0.6) is 0 Å². The van der Waals surface area contributed by atoms with Gasteiger partial charge in [-0.15, -0.1) is 0 Å². The Labute approximate surface area is 109 Å². The van der Waals surface area contributed by atoms with Crippen LogP contribution in [0.4, 0.5) is 0 Å². The fraction of sp³-hybridized carbons (Fsp3) is 0.643. The molecule has 100 valence electrons. The minimum atomic E-state index is 0.183. The molecule has 1 aliphatic rings. The molecule has 1 aromatic heterocycles. The number of piperidine rings is 1. The Morgan fingerprint density at radius 2 is 2.39 bits per heavy atom. The third-order valence-electron chi connectivity index (χ3n) is 3.69. The minimum absolute atomic E-state index is 0.183. The van der Waals surface area contributed by atoms with Crippen molar-refractivity contribution in [2.24, 2.45) is 5.92 Å². The van der Waals surface area contributed by atoms with E-state index in [4.69, 9.17) is 0 Å². The number of amides is 1. The maximum absolute atomic E-state index is 12.5. The lowest BCUT2D eigenvalue weighted by molar-refractivity contribution is 0.0663. The molecule has 18 heavy (non-hydrogen) atoms. The maximum Gasteiger partial charge on any atom is 0.270 e. The second-order valence-corrected chi connectivity index (χ2v) is 5.00. The van der Waals surface area contributed by atoms with Crippen LogP contribution in [0.1, 0.15) is 30.3 Å². The fourth-order valence-corrected chi connectivity index (χ4v) is 2.75. The van der Waals surface area contributed by atoms with Gasteiger partial charge in [0.1, 0.15) is 5.69 Å². The quantitative estimate of drug-likeness (QED) is 0.879. The smallest absolute Gasteiger partial charge is 0.270 e. The van der Waals surface area contributed by atoms with Gasteiger partial charge in [0.15, 0.2) is 0 Å². The first-order chi connectivity index (χ1) is 8.76. The molecule has 1 atom stereocenters. The number of aromatic nitrogens is 1. The molecule has 1 aromatic rings. The van der Waals surface area contributed by atoms with Gasteiger partial charge >= 0.3 is 0 Å². The third kappa shape index (κ3) is 2.75. The molecule has 1 fully saturated rings. The van der Waals surface area contributed by atoms with E-state index in [0.717, 1.165) is 38.3 Å². The molecule has 1 unspecified atom stereocenters. The molecule has 4 heteroatoms. The zero-order chi connectivity index (χ0) is 13.0. The van der Waals surface area contributed by atoms with E-state index >= 15 is 0 Å². The molecule has 1 amide bonds. The van der Waals surface area contributed by atoms with Crippen LogP contribution < -0.4 is 5.32 Å². The summed E-state index contributed by atoms with van der Waals surface area (Å²) in [6.45, 7) is 5.69. The van der Waals surface area contributed by atoms with Gasteiger partial charge in [-0.25, -0.2) is 0 Å². The molecule has 0 aromatic carbocycles. The van der Waals surface area contributed by atoms with E-state index in [2.05, 4.69) is 12.2 Å². The van der Waals surface area contributed by atoms with E-state index in [1.807, 2.05) is 34.8 Å². The average molecular weight is 249 g/mol. The molecular weight excluding hydrogens is 226 g/mol. The lowest BCUT2D eigenvalue weighted by Crippen LogP contribution is -2.43. The van der Waals surface area contributed by atoms with E-state index in [1.54, 1.807) is 0 Å². The van der Waals surface area contributed by atoms with E-state index in [0.29, 0.717) is 5.92 Å². The summed E-state index contributed by atoms with van der Waals surface area (Å²) in [5.41, 5.74) is 0.822. The Morgan fingerprint density at radius 1 is 1.56 bits per heavy atom. The fourth-order valence-electron chi connectivity index (χ4n) is 2.75. The Hall–Kier alpha value is -1.29. The number of carbonyl (C=O) groups is 1. The number of nitrogens with one attached hydrogen (secondary N) is 1. The van der Waals surface area contributed by atoms with Gasteiger partial charge in [-0.2, -0.15) is 0 Å². The summed E-state index contributed by atoms with van der Waals surface area (Å²) in [6, 6.07) is 3.87. The first-order valence-corrected chi connectivity index (χ1v) is 6.85. The Kier molecular flexibility index (Phi) is 4.42. The number of carbonyl (C=O) groups excluding carboxylic acids is 1. The molecular formula is C14H23N3O. The molecule has 0 radical (unpaired) electrons. The van der Waals surface area contributed by atoms with E-state index in [1.165, 1.54) is 6.42 Å². The average Bonchev–Trinajstić information content (AvgIpc) is 2.87. The SMILES string of the molecule is CCn1cccc1C(=O)N1CCCC(CNC)C1. The highest BCUT2D eigenvalue weighted by Crippen LogP contribution is 2.18. The standard InChI is InChI=1S/C14H23N3O/c1-3-16-8-5-7-13(16)14(18)17-9-4-6-12(11-17)10-15-2/h5,7-8,12,15H,3-4,6,9-11H2,1-2H3. The molecule has 2 rings (SSSR count). The predicted octanol–water partition coefficient (Wildman–Crippen LogP) is 1.58. The zero-order valence-corrected chi connectivity index (χ0v) is 11.4. The van der Waals surface area contributed by atoms with Crippen molar-refractivity contribution in [3.8, 4) is 0 Å². The summed E-state index contributed by atoms with van der Waals surface area (Å²) < 4.78 is 2.02. The molecule has 0 aliphatic carbocycles. The van der Waals surface area contributed by atoms with Crippen LogP contribution >= 0.6 is 0 Å². The number of aryl methyl sites for hydroxylation is 1. The Morgan fingerprint density at radius 3 is 3.11 bits per heavy atom. The summed E-state index contributed by atoms with van der Waals surface area (Å²) in [5, 5.41) is 3.21. The van der Waals surface area contributed by atoms with Gasteiger partial charge in [0, 0.05) is 25.8 Å². The second-order valence-electron chi connectivity index (χ2n) is 5.00. The predicted molar refractivity (Wildman–Crippen MR) is 72.7 cm³/mol. The molecule has 4 nitrogen and oxygen atoms in total. The Bertz CT molecular complexity index is 397. The highest BCUT2D eigenvalue weighted by Gasteiger charge is 2.25. The van der Waals surface area contributed by atoms with Crippen LogP contribution in [0.2, 0.25) is 0 Å². The summed E-state index contributed by atoms with van der Waals surface area (Å²) in [6.07, 6.45) is 4.31. The molecule has 2 heterocycles. The number of nitrogens with zero attached hydrogens (tertiary/aromatic N) is 2. The van der Waals surface area contributed by atoms with Crippen LogP contribution in [0.3, 0.4) is 0 Å². The van der Waals surface area contributed by atoms with Gasteiger partial charge in [0.25, 0.3) is 5.91 Å². The lowest BCUT2D eigenvalue weighted by atomic mass is 9.98. The van der Waals surface area contributed by atoms with Crippen LogP contribution in [-0.2, 0) is 6.54 Å². The zero-order valence-electron chi connectivity index (χ0n) is 11.4. The van der Waals surface area contributed by atoms with Gasteiger partial charge in [0.2, 0.25) is 0 Å². The highest BCUT2D eigenvalue weighted by molar-refractivity contribution is 5.92. The van der Waals surface area contributed by atoms with E-state index in [-0.39, 0.29) is 5.91 Å². The number of rotatable bonds is 4. The van der Waals surface area contributed by atoms with Gasteiger partial charge in [-0.1, -0.05) is 0 Å². The Balaban J connectivity index is 2.04. The van der Waals surface area contributed by atoms with Crippen LogP contribution in [0.15, 0.2) is 18.3 Å². The second kappa shape index (κ2) is 6.05. The third-order valence-corrected chi connectivity index (χ3v) is 3.69. The van der Waals surface area contributed by atoms with Crippen LogP contribution in [0, 0.1) is 5.92 Å². The summed E-state index contributed by atoms with van der Waals surface area (Å²) in [7, 11) is 1.98. The molecule has 1 N–H and O–H groups in total. The highest BCUT2D eigenvalue weighted by atomic mass is 16.2. The van der Waals surface area contributed by atoms with Crippen molar-refractivity contribution in [1.29, 1.82) is 0 Å². The van der Waals surface area contributed by atoms with Gasteiger partial charge in [0.05, 0.1) is 0 Å². The monoisotopic (exact) mass is 249 g/mol. The summed E-state index contributed by atoms with van der Waals surface area (Å²) in [4.78, 5) is 14.5. The van der Waals surface area contributed by atoms with E-state index < -0.39 is 0 Å². The topological polar surface area (TPSA) is 37.3 Å². The van der Waals surface area contributed by atoms with Crippen molar-refractivity contribution >= 4 is 5.91 Å². The molecule has 0 saturated carbocycles. The van der Waals surface area contributed by atoms with Gasteiger partial charge in [-0.05, 0) is 51.4 Å². The van der Waals surface area contributed by atoms with Crippen molar-refractivity contribution in [2.45, 2.75) is 26.3 Å². The first kappa shape index (κ1) is 13.1. The van der Waals surface area contributed by atoms with Crippen molar-refractivity contribution in [3.63, 3.8) is 0 Å². The van der Waals surface area contributed by atoms with Crippen LogP contribution in [-0.4, -0.2) is 42.1 Å². The first-order valence-electron chi connectivity index (χ1n) is 6.85. The van der Waals surface area contributed by atoms with Crippen molar-refractivity contribution in [1.82, 2.24) is 14.8 Å². The number of hydrogen-bond donors (Lipinski definition) is 1. The van der Waals surface area contributed by atoms with Gasteiger partial charge in [-0.3, -0.25) is 4.79 Å². The summed E-state index contributed by atoms with van der Waals surface area (Å²) >= 11 is 0. The van der Waals surface area contributed by atoms with E-state index in [9.17, 15) is 4.79 Å². The summed E-state index contributed by atoms with van der Waals surface area (Å²) in [5.74, 6) is 0.778. The largest absolute Gasteiger partial charge is 0.344 e. The minimum Gasteiger partial charge on any atom is -0.344 e. The molecule has 0 spiro atoms. The maximum atomic E-state index is 12.5. The molecule has 0 bridgehead atoms. The molecule has 1 saturated heterocycles. The lowest BCUT2D eigenvalue weighted by Gasteiger charge is -2.32. The van der Waals surface area contributed by atoms with Gasteiger partial charge < -0.3 is 14.8 Å². The normalized spacial score (nSPS) is 20.1. The van der Waals surface area contributed by atoms with Crippen molar-refractivity contribution < 1.29 is 4.79 Å². The van der Waals surface area contributed by atoms with Crippen molar-refractivity contribution in [3.05, 3.63) is 24.0 Å². The van der Waals surface area contributed by atoms with Crippen LogP contribution in [0.25, 0.3) is 0 Å². The molecule has 1 aliphatic heterocycles.